The highest BCUT2D eigenvalue weighted by atomic mass is 16.5. The van der Waals surface area contributed by atoms with Gasteiger partial charge in [-0.15, -0.1) is 0 Å². The molecule has 0 amide bonds. The van der Waals surface area contributed by atoms with E-state index in [0.29, 0.717) is 6.04 Å². The number of nitrogens with zero attached hydrogens (tertiary/aromatic N) is 1. The monoisotopic (exact) mass is 288 g/mol. The van der Waals surface area contributed by atoms with Crippen LogP contribution in [-0.4, -0.2) is 31.1 Å². The fourth-order valence-electron chi connectivity index (χ4n) is 4.07. The zero-order valence-electron chi connectivity index (χ0n) is 13.3. The van der Waals surface area contributed by atoms with Crippen molar-refractivity contribution in [3.63, 3.8) is 0 Å². The number of methoxy groups -OCH3 is 1. The molecule has 116 valence electrons. The van der Waals surface area contributed by atoms with Crippen LogP contribution in [0.5, 0.6) is 5.75 Å². The molecule has 1 heterocycles. The van der Waals surface area contributed by atoms with E-state index in [-0.39, 0.29) is 6.04 Å². The zero-order chi connectivity index (χ0) is 14.8. The standard InChI is InChI=1S/C18H28N2O/c1-3-13-5-4-10-20(12-13)17-9-7-14-6-8-15(21-2)11-16(14)18(17)19/h6,8,11,13,17-18H,3-5,7,9-10,12,19H2,1-2H3. The minimum Gasteiger partial charge on any atom is -0.497 e. The summed E-state index contributed by atoms with van der Waals surface area (Å²) in [6.45, 7) is 4.76. The van der Waals surface area contributed by atoms with E-state index in [2.05, 4.69) is 30.0 Å². The number of piperidine rings is 1. The Hall–Kier alpha value is -1.06. The number of hydrogen-bond acceptors (Lipinski definition) is 3. The highest BCUT2D eigenvalue weighted by Gasteiger charge is 2.33. The average Bonchev–Trinajstić information content (AvgIpc) is 2.55. The summed E-state index contributed by atoms with van der Waals surface area (Å²) in [5.41, 5.74) is 9.34. The largest absolute Gasteiger partial charge is 0.497 e. The summed E-state index contributed by atoms with van der Waals surface area (Å²) in [6, 6.07) is 7.01. The van der Waals surface area contributed by atoms with Gasteiger partial charge in [-0.2, -0.15) is 0 Å². The van der Waals surface area contributed by atoms with Gasteiger partial charge < -0.3 is 10.5 Å². The lowest BCUT2D eigenvalue weighted by Crippen LogP contribution is -2.49. The van der Waals surface area contributed by atoms with Crippen LogP contribution in [0.3, 0.4) is 0 Å². The lowest BCUT2D eigenvalue weighted by molar-refractivity contribution is 0.0953. The van der Waals surface area contributed by atoms with Crippen LogP contribution in [0.4, 0.5) is 0 Å². The van der Waals surface area contributed by atoms with Gasteiger partial charge in [0, 0.05) is 18.6 Å². The van der Waals surface area contributed by atoms with Crippen molar-refractivity contribution in [2.24, 2.45) is 11.7 Å². The summed E-state index contributed by atoms with van der Waals surface area (Å²) >= 11 is 0. The number of fused-ring (bicyclic) bond motifs is 1. The zero-order valence-corrected chi connectivity index (χ0v) is 13.3. The third-order valence-electron chi connectivity index (χ3n) is 5.43. The molecule has 1 aliphatic carbocycles. The summed E-state index contributed by atoms with van der Waals surface area (Å²) in [6.07, 6.45) is 6.34. The second-order valence-corrected chi connectivity index (χ2v) is 6.61. The molecule has 2 N–H and O–H groups in total. The van der Waals surface area contributed by atoms with Crippen molar-refractivity contribution in [1.82, 2.24) is 4.90 Å². The molecule has 1 fully saturated rings. The van der Waals surface area contributed by atoms with E-state index < -0.39 is 0 Å². The van der Waals surface area contributed by atoms with E-state index in [1.54, 1.807) is 7.11 Å². The first-order valence-electron chi connectivity index (χ1n) is 8.39. The molecule has 21 heavy (non-hydrogen) atoms. The van der Waals surface area contributed by atoms with Gasteiger partial charge in [-0.3, -0.25) is 4.90 Å². The molecule has 0 aromatic heterocycles. The maximum absolute atomic E-state index is 6.63. The number of ether oxygens (including phenoxy) is 1. The number of hydrogen-bond donors (Lipinski definition) is 1. The van der Waals surface area contributed by atoms with Crippen LogP contribution < -0.4 is 10.5 Å². The average molecular weight is 288 g/mol. The van der Waals surface area contributed by atoms with Crippen molar-refractivity contribution in [3.05, 3.63) is 29.3 Å². The quantitative estimate of drug-likeness (QED) is 0.928. The first kappa shape index (κ1) is 14.9. The minimum atomic E-state index is 0.124. The normalized spacial score (nSPS) is 30.0. The Labute approximate surface area is 128 Å². The number of nitrogens with two attached hydrogens (primary N) is 1. The molecule has 1 aromatic rings. The first-order chi connectivity index (χ1) is 10.2. The number of rotatable bonds is 3. The van der Waals surface area contributed by atoms with Gasteiger partial charge in [-0.05, 0) is 61.4 Å². The Balaban J connectivity index is 1.79. The minimum absolute atomic E-state index is 0.124. The fourth-order valence-corrected chi connectivity index (χ4v) is 4.07. The molecule has 0 bridgehead atoms. The summed E-state index contributed by atoms with van der Waals surface area (Å²) < 4.78 is 5.37. The molecule has 3 rings (SSSR count). The van der Waals surface area contributed by atoms with Crippen LogP contribution in [0.1, 0.15) is 49.8 Å². The maximum Gasteiger partial charge on any atom is 0.119 e. The second kappa shape index (κ2) is 6.37. The Morgan fingerprint density at radius 1 is 1.33 bits per heavy atom. The van der Waals surface area contributed by atoms with Gasteiger partial charge in [0.1, 0.15) is 5.75 Å². The van der Waals surface area contributed by atoms with Crippen molar-refractivity contribution < 1.29 is 4.74 Å². The van der Waals surface area contributed by atoms with Crippen LogP contribution in [-0.2, 0) is 6.42 Å². The molecule has 0 radical (unpaired) electrons. The molecule has 2 aliphatic rings. The molecule has 0 spiro atoms. The van der Waals surface area contributed by atoms with Gasteiger partial charge in [-0.25, -0.2) is 0 Å². The highest BCUT2D eigenvalue weighted by molar-refractivity contribution is 5.40. The first-order valence-corrected chi connectivity index (χ1v) is 8.39. The van der Waals surface area contributed by atoms with Gasteiger partial charge in [0.05, 0.1) is 7.11 Å². The summed E-state index contributed by atoms with van der Waals surface area (Å²) in [4.78, 5) is 2.66. The van der Waals surface area contributed by atoms with Crippen LogP contribution in [0.2, 0.25) is 0 Å². The lowest BCUT2D eigenvalue weighted by atomic mass is 9.82. The van der Waals surface area contributed by atoms with Gasteiger partial charge >= 0.3 is 0 Å². The summed E-state index contributed by atoms with van der Waals surface area (Å²) in [7, 11) is 1.73. The fraction of sp³-hybridized carbons (Fsp3) is 0.667. The molecule has 3 heteroatoms. The van der Waals surface area contributed by atoms with Crippen molar-refractivity contribution in [2.45, 2.75) is 51.1 Å². The van der Waals surface area contributed by atoms with E-state index >= 15 is 0 Å². The molecule has 3 unspecified atom stereocenters. The predicted molar refractivity (Wildman–Crippen MR) is 86.6 cm³/mol. The maximum atomic E-state index is 6.63. The smallest absolute Gasteiger partial charge is 0.119 e. The van der Waals surface area contributed by atoms with E-state index in [4.69, 9.17) is 10.5 Å². The predicted octanol–water partition coefficient (Wildman–Crippen LogP) is 3.13. The summed E-state index contributed by atoms with van der Waals surface area (Å²) in [5.74, 6) is 1.78. The third-order valence-corrected chi connectivity index (χ3v) is 5.43. The van der Waals surface area contributed by atoms with Crippen molar-refractivity contribution in [1.29, 1.82) is 0 Å². The van der Waals surface area contributed by atoms with Crippen LogP contribution in [0.15, 0.2) is 18.2 Å². The summed E-state index contributed by atoms with van der Waals surface area (Å²) in [5, 5.41) is 0. The van der Waals surface area contributed by atoms with Gasteiger partial charge in [0.2, 0.25) is 0 Å². The van der Waals surface area contributed by atoms with Gasteiger partial charge in [0.15, 0.2) is 0 Å². The second-order valence-electron chi connectivity index (χ2n) is 6.61. The highest BCUT2D eigenvalue weighted by Crippen LogP contribution is 2.35. The Kier molecular flexibility index (Phi) is 4.51. The third kappa shape index (κ3) is 2.95. The Bertz CT molecular complexity index is 488. The Morgan fingerprint density at radius 2 is 2.19 bits per heavy atom. The van der Waals surface area contributed by atoms with Crippen LogP contribution in [0.25, 0.3) is 0 Å². The molecule has 0 saturated carbocycles. The number of benzene rings is 1. The molecule has 3 nitrogen and oxygen atoms in total. The molecule has 1 aliphatic heterocycles. The van der Waals surface area contributed by atoms with Crippen LogP contribution in [0, 0.1) is 5.92 Å². The lowest BCUT2D eigenvalue weighted by Gasteiger charge is -2.43. The van der Waals surface area contributed by atoms with Crippen molar-refractivity contribution >= 4 is 0 Å². The SMILES string of the molecule is CCC1CCCN(C2CCc3ccc(OC)cc3C2N)C1. The van der Waals surface area contributed by atoms with E-state index in [1.165, 1.54) is 49.9 Å². The molecule has 1 saturated heterocycles. The Morgan fingerprint density at radius 3 is 2.95 bits per heavy atom. The van der Waals surface area contributed by atoms with E-state index in [9.17, 15) is 0 Å². The number of aryl methyl sites for hydroxylation is 1. The van der Waals surface area contributed by atoms with Gasteiger partial charge in [0.25, 0.3) is 0 Å². The molecular weight excluding hydrogens is 260 g/mol. The number of likely N-dealkylation sites (tertiary alicyclic amines) is 1. The van der Waals surface area contributed by atoms with Gasteiger partial charge in [-0.1, -0.05) is 19.4 Å². The van der Waals surface area contributed by atoms with Crippen LogP contribution >= 0.6 is 0 Å². The van der Waals surface area contributed by atoms with Crippen molar-refractivity contribution in [3.8, 4) is 5.75 Å². The molecular formula is C18H28N2O. The topological polar surface area (TPSA) is 38.5 Å². The molecule has 3 atom stereocenters. The van der Waals surface area contributed by atoms with E-state index in [1.807, 2.05) is 0 Å². The molecule has 1 aromatic carbocycles. The van der Waals surface area contributed by atoms with E-state index in [0.717, 1.165) is 18.1 Å². The van der Waals surface area contributed by atoms with Crippen molar-refractivity contribution in [2.75, 3.05) is 20.2 Å².